The van der Waals surface area contributed by atoms with Crippen LogP contribution in [0.15, 0.2) is 6.20 Å². The first-order chi connectivity index (χ1) is 10.6. The summed E-state index contributed by atoms with van der Waals surface area (Å²) < 4.78 is 1.83. The number of aliphatic hydroxyl groups excluding tert-OH is 1. The zero-order valence-electron chi connectivity index (χ0n) is 13.7. The summed E-state index contributed by atoms with van der Waals surface area (Å²) in [4.78, 5) is 14.5. The molecule has 0 unspecified atom stereocenters. The third-order valence-corrected chi connectivity index (χ3v) is 4.22. The second-order valence-electron chi connectivity index (χ2n) is 6.14. The van der Waals surface area contributed by atoms with Crippen LogP contribution in [0.4, 0.5) is 0 Å². The molecule has 1 amide bonds. The van der Waals surface area contributed by atoms with Gasteiger partial charge in [-0.15, -0.1) is 0 Å². The highest BCUT2D eigenvalue weighted by molar-refractivity contribution is 5.94. The molecule has 0 spiro atoms. The van der Waals surface area contributed by atoms with Gasteiger partial charge in [0.25, 0.3) is 5.91 Å². The number of hydrogen-bond acceptors (Lipinski definition) is 4. The van der Waals surface area contributed by atoms with Gasteiger partial charge in [0.1, 0.15) is 0 Å². The summed E-state index contributed by atoms with van der Waals surface area (Å²) in [6.45, 7) is 8.52. The lowest BCUT2D eigenvalue weighted by Gasteiger charge is -2.31. The summed E-state index contributed by atoms with van der Waals surface area (Å²) in [5.41, 5.74) is 1.45. The van der Waals surface area contributed by atoms with Gasteiger partial charge < -0.3 is 15.3 Å². The second kappa shape index (κ2) is 8.29. The fourth-order valence-corrected chi connectivity index (χ4v) is 3.01. The molecule has 0 radical (unpaired) electrons. The van der Waals surface area contributed by atoms with Crippen molar-refractivity contribution in [2.45, 2.75) is 39.7 Å². The molecule has 1 fully saturated rings. The monoisotopic (exact) mass is 308 g/mol. The fraction of sp³-hybridized carbons (Fsp3) is 0.750. The van der Waals surface area contributed by atoms with Crippen LogP contribution in [0.2, 0.25) is 0 Å². The van der Waals surface area contributed by atoms with E-state index in [1.54, 1.807) is 0 Å². The van der Waals surface area contributed by atoms with Crippen LogP contribution in [0, 0.1) is 12.8 Å². The first-order valence-corrected chi connectivity index (χ1v) is 8.29. The molecule has 1 aromatic rings. The Labute approximate surface area is 132 Å². The normalized spacial score (nSPS) is 19.3. The molecule has 2 N–H and O–H groups in total. The number of hydrogen-bond donors (Lipinski definition) is 2. The van der Waals surface area contributed by atoms with E-state index >= 15 is 0 Å². The number of aromatic nitrogens is 2. The molecule has 0 saturated carbocycles. The van der Waals surface area contributed by atoms with Crippen molar-refractivity contribution in [3.05, 3.63) is 17.5 Å². The van der Waals surface area contributed by atoms with E-state index < -0.39 is 0 Å². The molecule has 2 heterocycles. The summed E-state index contributed by atoms with van der Waals surface area (Å²) in [6.07, 6.45) is 5.07. The first-order valence-electron chi connectivity index (χ1n) is 8.29. The van der Waals surface area contributed by atoms with Crippen LogP contribution >= 0.6 is 0 Å². The van der Waals surface area contributed by atoms with E-state index in [4.69, 9.17) is 0 Å². The Hall–Kier alpha value is -1.40. The number of carbonyl (C=O) groups is 1. The Morgan fingerprint density at radius 2 is 2.32 bits per heavy atom. The number of aliphatic hydroxyl groups is 1. The van der Waals surface area contributed by atoms with Crippen LogP contribution in [0.3, 0.4) is 0 Å². The molecule has 6 nitrogen and oxygen atoms in total. The van der Waals surface area contributed by atoms with E-state index in [0.29, 0.717) is 18.0 Å². The molecule has 0 bridgehead atoms. The predicted molar refractivity (Wildman–Crippen MR) is 85.8 cm³/mol. The zero-order valence-corrected chi connectivity index (χ0v) is 13.7. The maximum atomic E-state index is 12.2. The molecule has 124 valence electrons. The quantitative estimate of drug-likeness (QED) is 0.789. The van der Waals surface area contributed by atoms with Crippen LogP contribution in [-0.4, -0.2) is 58.5 Å². The summed E-state index contributed by atoms with van der Waals surface area (Å²) >= 11 is 0. The van der Waals surface area contributed by atoms with Crippen LogP contribution in [0.5, 0.6) is 0 Å². The number of piperidine rings is 1. The molecular weight excluding hydrogens is 280 g/mol. The van der Waals surface area contributed by atoms with E-state index in [1.165, 1.54) is 0 Å². The number of rotatable bonds is 7. The Kier molecular flexibility index (Phi) is 6.39. The van der Waals surface area contributed by atoms with Gasteiger partial charge in [0.05, 0.1) is 11.3 Å². The Bertz CT molecular complexity index is 486. The average Bonchev–Trinajstić information content (AvgIpc) is 2.88. The lowest BCUT2D eigenvalue weighted by molar-refractivity contribution is 0.0930. The van der Waals surface area contributed by atoms with Gasteiger partial charge in [0, 0.05) is 39.0 Å². The Morgan fingerprint density at radius 3 is 3.05 bits per heavy atom. The fourth-order valence-electron chi connectivity index (χ4n) is 3.01. The van der Waals surface area contributed by atoms with Crippen molar-refractivity contribution < 1.29 is 9.90 Å². The summed E-state index contributed by atoms with van der Waals surface area (Å²) in [5, 5.41) is 16.6. The predicted octanol–water partition coefficient (Wildman–Crippen LogP) is 1.04. The van der Waals surface area contributed by atoms with Crippen LogP contribution in [-0.2, 0) is 6.54 Å². The van der Waals surface area contributed by atoms with Crippen molar-refractivity contribution in [2.24, 2.45) is 5.92 Å². The van der Waals surface area contributed by atoms with Gasteiger partial charge in [0.15, 0.2) is 0 Å². The molecular formula is C16H28N4O2. The summed E-state index contributed by atoms with van der Waals surface area (Å²) in [7, 11) is 0. The minimum absolute atomic E-state index is 0.0458. The number of amides is 1. The van der Waals surface area contributed by atoms with Gasteiger partial charge >= 0.3 is 0 Å². The van der Waals surface area contributed by atoms with Crippen LogP contribution in [0.25, 0.3) is 0 Å². The first kappa shape index (κ1) is 17.0. The molecule has 22 heavy (non-hydrogen) atoms. The van der Waals surface area contributed by atoms with E-state index in [2.05, 4.69) is 22.2 Å². The number of likely N-dealkylation sites (tertiary alicyclic amines) is 1. The van der Waals surface area contributed by atoms with Crippen molar-refractivity contribution in [1.29, 1.82) is 0 Å². The van der Waals surface area contributed by atoms with Crippen LogP contribution < -0.4 is 5.32 Å². The lowest BCUT2D eigenvalue weighted by atomic mass is 9.99. The molecule has 1 aliphatic heterocycles. The molecule has 1 atom stereocenters. The average molecular weight is 308 g/mol. The van der Waals surface area contributed by atoms with Crippen molar-refractivity contribution in [1.82, 2.24) is 20.0 Å². The number of aryl methyl sites for hydroxylation is 2. The van der Waals surface area contributed by atoms with Crippen molar-refractivity contribution in [2.75, 3.05) is 32.8 Å². The van der Waals surface area contributed by atoms with E-state index in [0.717, 1.165) is 51.1 Å². The number of nitrogens with zero attached hydrogens (tertiary/aromatic N) is 3. The van der Waals surface area contributed by atoms with Crippen molar-refractivity contribution in [3.63, 3.8) is 0 Å². The van der Waals surface area contributed by atoms with Gasteiger partial charge in [-0.3, -0.25) is 9.48 Å². The second-order valence-corrected chi connectivity index (χ2v) is 6.14. The number of carbonyl (C=O) groups excluding carboxylic acids is 1. The van der Waals surface area contributed by atoms with Gasteiger partial charge in [-0.2, -0.15) is 5.10 Å². The van der Waals surface area contributed by atoms with E-state index in [1.807, 2.05) is 17.8 Å². The van der Waals surface area contributed by atoms with Crippen LogP contribution in [0.1, 0.15) is 42.2 Å². The topological polar surface area (TPSA) is 70.4 Å². The minimum atomic E-state index is -0.0458. The third kappa shape index (κ3) is 4.55. The molecule has 1 aromatic heterocycles. The zero-order chi connectivity index (χ0) is 15.9. The highest BCUT2D eigenvalue weighted by atomic mass is 16.3. The van der Waals surface area contributed by atoms with Crippen molar-refractivity contribution >= 4 is 5.91 Å². The van der Waals surface area contributed by atoms with Gasteiger partial charge in [-0.1, -0.05) is 6.92 Å². The van der Waals surface area contributed by atoms with Gasteiger partial charge in [0.2, 0.25) is 0 Å². The SMILES string of the molecule is CCCn1cc(C(=O)NCCN2CCC[C@@H](CO)C2)c(C)n1. The maximum Gasteiger partial charge on any atom is 0.254 e. The van der Waals surface area contributed by atoms with Gasteiger partial charge in [-0.05, 0) is 38.6 Å². The molecule has 0 aromatic carbocycles. The molecule has 0 aliphatic carbocycles. The standard InChI is InChI=1S/C16H28N4O2/c1-3-7-20-11-15(13(2)18-20)16(22)17-6-9-19-8-4-5-14(10-19)12-21/h11,14,21H,3-10,12H2,1-2H3,(H,17,22)/t14-/m1/s1. The molecule has 2 rings (SSSR count). The van der Waals surface area contributed by atoms with Gasteiger partial charge in [-0.25, -0.2) is 0 Å². The largest absolute Gasteiger partial charge is 0.396 e. The van der Waals surface area contributed by atoms with E-state index in [9.17, 15) is 9.90 Å². The summed E-state index contributed by atoms with van der Waals surface area (Å²) in [6, 6.07) is 0. The maximum absolute atomic E-state index is 12.2. The Morgan fingerprint density at radius 1 is 1.50 bits per heavy atom. The lowest BCUT2D eigenvalue weighted by Crippen LogP contribution is -2.41. The summed E-state index contributed by atoms with van der Waals surface area (Å²) in [5.74, 6) is 0.342. The van der Waals surface area contributed by atoms with E-state index in [-0.39, 0.29) is 12.5 Å². The highest BCUT2D eigenvalue weighted by Gasteiger charge is 2.19. The number of nitrogens with one attached hydrogen (secondary N) is 1. The molecule has 1 aliphatic rings. The third-order valence-electron chi connectivity index (χ3n) is 4.22. The smallest absolute Gasteiger partial charge is 0.254 e. The molecule has 1 saturated heterocycles. The molecule has 6 heteroatoms. The highest BCUT2D eigenvalue weighted by Crippen LogP contribution is 2.15. The Balaban J connectivity index is 1.78. The minimum Gasteiger partial charge on any atom is -0.396 e. The van der Waals surface area contributed by atoms with Crippen molar-refractivity contribution in [3.8, 4) is 0 Å².